The Kier molecular flexibility index (Phi) is 6.62. The number of pyridine rings is 1. The average molecular weight is 476 g/mol. The fourth-order valence-corrected chi connectivity index (χ4v) is 5.23. The first-order chi connectivity index (χ1) is 16.3. The predicted octanol–water partition coefficient (Wildman–Crippen LogP) is 6.16. The van der Waals surface area contributed by atoms with Crippen molar-refractivity contribution in [1.82, 2.24) is 4.98 Å². The van der Waals surface area contributed by atoms with E-state index in [4.69, 9.17) is 9.47 Å². The molecule has 0 amide bonds. The SMILES string of the molecule is CCS(=O)(=O)C(C)(C)c1cc(-c2cccc(COc3ccccc3OC)c2)c2ncccc2c1. The van der Waals surface area contributed by atoms with Crippen LogP contribution >= 0.6 is 0 Å². The van der Waals surface area contributed by atoms with Crippen LogP contribution in [0.5, 0.6) is 11.5 Å². The molecule has 0 aliphatic heterocycles. The van der Waals surface area contributed by atoms with Crippen LogP contribution in [0.3, 0.4) is 0 Å². The second-order valence-electron chi connectivity index (χ2n) is 8.65. The van der Waals surface area contributed by atoms with E-state index >= 15 is 0 Å². The molecule has 0 aliphatic rings. The molecule has 3 aromatic carbocycles. The van der Waals surface area contributed by atoms with Gasteiger partial charge in [-0.15, -0.1) is 0 Å². The third kappa shape index (κ3) is 4.50. The fourth-order valence-electron chi connectivity index (χ4n) is 4.03. The van der Waals surface area contributed by atoms with E-state index in [0.717, 1.165) is 33.2 Å². The van der Waals surface area contributed by atoms with E-state index in [9.17, 15) is 8.42 Å². The van der Waals surface area contributed by atoms with Gasteiger partial charge in [-0.1, -0.05) is 43.3 Å². The summed E-state index contributed by atoms with van der Waals surface area (Å²) in [5.41, 5.74) is 4.42. The molecule has 176 valence electrons. The quantitative estimate of drug-likeness (QED) is 0.305. The number of benzene rings is 3. The van der Waals surface area contributed by atoms with E-state index in [1.807, 2.05) is 66.7 Å². The summed E-state index contributed by atoms with van der Waals surface area (Å²) in [6.45, 7) is 5.59. The molecule has 1 heterocycles. The number of methoxy groups -OCH3 is 1. The highest BCUT2D eigenvalue weighted by atomic mass is 32.2. The smallest absolute Gasteiger partial charge is 0.161 e. The molecule has 6 heteroatoms. The molecule has 34 heavy (non-hydrogen) atoms. The van der Waals surface area contributed by atoms with E-state index in [2.05, 4.69) is 11.1 Å². The Morgan fingerprint density at radius 3 is 2.41 bits per heavy atom. The lowest BCUT2D eigenvalue weighted by Gasteiger charge is -2.26. The van der Waals surface area contributed by atoms with Gasteiger partial charge < -0.3 is 9.47 Å². The molecule has 0 aliphatic carbocycles. The van der Waals surface area contributed by atoms with Gasteiger partial charge >= 0.3 is 0 Å². The Balaban J connectivity index is 1.76. The average Bonchev–Trinajstić information content (AvgIpc) is 2.87. The van der Waals surface area contributed by atoms with Gasteiger partial charge in [0.25, 0.3) is 0 Å². The molecule has 5 nitrogen and oxygen atoms in total. The Bertz CT molecular complexity index is 1430. The molecule has 1 aromatic heterocycles. The zero-order valence-electron chi connectivity index (χ0n) is 19.9. The maximum absolute atomic E-state index is 12.9. The first-order valence-corrected chi connectivity index (χ1v) is 12.9. The van der Waals surface area contributed by atoms with Crippen LogP contribution in [0.25, 0.3) is 22.0 Å². The molecule has 0 unspecified atom stereocenters. The molecule has 0 saturated heterocycles. The van der Waals surface area contributed by atoms with Gasteiger partial charge in [0, 0.05) is 22.9 Å². The standard InChI is InChI=1S/C28H29NO4S/c1-5-34(30,31)28(2,3)23-17-22-12-9-15-29-27(22)24(18-23)21-11-8-10-20(16-21)19-33-26-14-7-6-13-25(26)32-4/h6-18H,5,19H2,1-4H3. The number of nitrogens with zero attached hydrogens (tertiary/aromatic N) is 1. The molecule has 0 bridgehead atoms. The number of sulfone groups is 1. The molecular formula is C28H29NO4S. The third-order valence-corrected chi connectivity index (χ3v) is 8.81. The number of fused-ring (bicyclic) bond motifs is 1. The van der Waals surface area contributed by atoms with E-state index in [-0.39, 0.29) is 5.75 Å². The lowest BCUT2D eigenvalue weighted by atomic mass is 9.93. The fraction of sp³-hybridized carbons (Fsp3) is 0.250. The van der Waals surface area contributed by atoms with Crippen molar-refractivity contribution in [3.8, 4) is 22.6 Å². The number of aromatic nitrogens is 1. The van der Waals surface area contributed by atoms with Crippen LogP contribution in [-0.4, -0.2) is 26.3 Å². The molecule has 4 aromatic rings. The van der Waals surface area contributed by atoms with E-state index in [1.165, 1.54) is 0 Å². The number of para-hydroxylation sites is 2. The van der Waals surface area contributed by atoms with Gasteiger partial charge in [0.2, 0.25) is 0 Å². The summed E-state index contributed by atoms with van der Waals surface area (Å²) in [5, 5.41) is 0.907. The predicted molar refractivity (Wildman–Crippen MR) is 137 cm³/mol. The van der Waals surface area contributed by atoms with Crippen LogP contribution in [0.2, 0.25) is 0 Å². The van der Waals surface area contributed by atoms with Gasteiger partial charge in [0.1, 0.15) is 6.61 Å². The lowest BCUT2D eigenvalue weighted by molar-refractivity contribution is 0.284. The second-order valence-corrected chi connectivity index (χ2v) is 11.5. The van der Waals surface area contributed by atoms with Gasteiger partial charge in [-0.3, -0.25) is 4.98 Å². The van der Waals surface area contributed by atoms with Gasteiger partial charge in [0.05, 0.1) is 17.4 Å². The van der Waals surface area contributed by atoms with Gasteiger partial charge in [-0.25, -0.2) is 8.42 Å². The zero-order valence-corrected chi connectivity index (χ0v) is 20.7. The largest absolute Gasteiger partial charge is 0.493 e. The van der Waals surface area contributed by atoms with Crippen molar-refractivity contribution in [3.05, 3.63) is 90.1 Å². The summed E-state index contributed by atoms with van der Waals surface area (Å²) in [6.07, 6.45) is 1.76. The number of ether oxygens (including phenoxy) is 2. The van der Waals surface area contributed by atoms with E-state index in [0.29, 0.717) is 18.1 Å². The summed E-state index contributed by atoms with van der Waals surface area (Å²) in [4.78, 5) is 4.61. The highest BCUT2D eigenvalue weighted by molar-refractivity contribution is 7.92. The minimum atomic E-state index is -3.32. The summed E-state index contributed by atoms with van der Waals surface area (Å²) in [7, 11) is -1.71. The van der Waals surface area contributed by atoms with Crippen LogP contribution in [-0.2, 0) is 21.2 Å². The van der Waals surface area contributed by atoms with Gasteiger partial charge in [-0.05, 0) is 66.9 Å². The molecular weight excluding hydrogens is 446 g/mol. The van der Waals surface area contributed by atoms with Crippen LogP contribution in [0.4, 0.5) is 0 Å². The Hall–Kier alpha value is -3.38. The van der Waals surface area contributed by atoms with Crippen molar-refractivity contribution in [2.45, 2.75) is 32.1 Å². The van der Waals surface area contributed by atoms with E-state index in [1.54, 1.807) is 34.1 Å². The van der Waals surface area contributed by atoms with Gasteiger partial charge in [0.15, 0.2) is 21.3 Å². The minimum Gasteiger partial charge on any atom is -0.493 e. The Morgan fingerprint density at radius 2 is 1.68 bits per heavy atom. The van der Waals surface area contributed by atoms with Crippen molar-refractivity contribution in [3.63, 3.8) is 0 Å². The lowest BCUT2D eigenvalue weighted by Crippen LogP contribution is -2.30. The summed E-state index contributed by atoms with van der Waals surface area (Å²) >= 11 is 0. The minimum absolute atomic E-state index is 0.0795. The Morgan fingerprint density at radius 1 is 0.912 bits per heavy atom. The number of hydrogen-bond donors (Lipinski definition) is 0. The summed E-state index contributed by atoms with van der Waals surface area (Å²) in [6, 6.07) is 23.3. The summed E-state index contributed by atoms with van der Waals surface area (Å²) < 4.78 is 36.1. The molecule has 0 atom stereocenters. The molecule has 0 radical (unpaired) electrons. The zero-order chi connectivity index (χ0) is 24.3. The molecule has 0 saturated carbocycles. The molecule has 4 rings (SSSR count). The molecule has 0 fully saturated rings. The second kappa shape index (κ2) is 9.47. The van der Waals surface area contributed by atoms with Crippen molar-refractivity contribution < 1.29 is 17.9 Å². The van der Waals surface area contributed by atoms with Crippen LogP contribution < -0.4 is 9.47 Å². The van der Waals surface area contributed by atoms with Crippen LogP contribution in [0.1, 0.15) is 31.9 Å². The van der Waals surface area contributed by atoms with Crippen LogP contribution in [0.15, 0.2) is 79.0 Å². The number of hydrogen-bond acceptors (Lipinski definition) is 5. The van der Waals surface area contributed by atoms with Gasteiger partial charge in [-0.2, -0.15) is 0 Å². The van der Waals surface area contributed by atoms with Crippen molar-refractivity contribution in [1.29, 1.82) is 0 Å². The normalized spacial score (nSPS) is 12.0. The van der Waals surface area contributed by atoms with Crippen LogP contribution in [0, 0.1) is 0 Å². The number of rotatable bonds is 8. The molecule has 0 spiro atoms. The van der Waals surface area contributed by atoms with Crippen molar-refractivity contribution in [2.75, 3.05) is 12.9 Å². The Labute approximate surface area is 201 Å². The maximum Gasteiger partial charge on any atom is 0.161 e. The first-order valence-electron chi connectivity index (χ1n) is 11.2. The highest BCUT2D eigenvalue weighted by Gasteiger charge is 2.35. The highest BCUT2D eigenvalue weighted by Crippen LogP contribution is 2.37. The maximum atomic E-state index is 12.9. The topological polar surface area (TPSA) is 65.5 Å². The third-order valence-electron chi connectivity index (χ3n) is 6.26. The van der Waals surface area contributed by atoms with Crippen molar-refractivity contribution in [2.24, 2.45) is 0 Å². The first kappa shape index (κ1) is 23.8. The van der Waals surface area contributed by atoms with E-state index < -0.39 is 14.6 Å². The van der Waals surface area contributed by atoms with Crippen molar-refractivity contribution >= 4 is 20.7 Å². The molecule has 0 N–H and O–H groups in total. The monoisotopic (exact) mass is 475 g/mol. The summed E-state index contributed by atoms with van der Waals surface area (Å²) in [5.74, 6) is 1.44.